The number of hydrogen-bond donors (Lipinski definition) is 0. The van der Waals surface area contributed by atoms with Crippen LogP contribution in [0.5, 0.6) is 0 Å². The van der Waals surface area contributed by atoms with Crippen LogP contribution in [0.1, 0.15) is 33.6 Å². The van der Waals surface area contributed by atoms with Crippen molar-refractivity contribution >= 4 is 0 Å². The zero-order valence-corrected chi connectivity index (χ0v) is 7.81. The molecule has 0 unspecified atom stereocenters. The molecule has 1 rings (SSSR count). The summed E-state index contributed by atoms with van der Waals surface area (Å²) in [5.74, 6) is 6.70. The number of hydrogen-bond acceptors (Lipinski definition) is 1. The van der Waals surface area contributed by atoms with Gasteiger partial charge in [-0.3, -0.25) is 0 Å². The van der Waals surface area contributed by atoms with E-state index < -0.39 is 0 Å². The van der Waals surface area contributed by atoms with Crippen LogP contribution in [0.25, 0.3) is 0 Å². The highest BCUT2D eigenvalue weighted by atomic mass is 16.5. The largest absolute Gasteiger partial charge is 0.381 e. The van der Waals surface area contributed by atoms with E-state index in [1.807, 2.05) is 20.8 Å². The lowest BCUT2D eigenvalue weighted by atomic mass is 10.0. The summed E-state index contributed by atoms with van der Waals surface area (Å²) in [4.78, 5) is 0. The molecule has 0 aliphatic carbocycles. The first-order valence-corrected chi connectivity index (χ1v) is 4.43. The van der Waals surface area contributed by atoms with Gasteiger partial charge in [0.2, 0.25) is 0 Å². The normalized spacial score (nSPS) is 17.4. The topological polar surface area (TPSA) is 9.23 Å². The highest BCUT2D eigenvalue weighted by Gasteiger charge is 2.09. The van der Waals surface area contributed by atoms with E-state index in [1.165, 1.54) is 0 Å². The third kappa shape index (κ3) is 4.86. The van der Waals surface area contributed by atoms with Gasteiger partial charge in [-0.1, -0.05) is 13.8 Å². The van der Waals surface area contributed by atoms with Crippen molar-refractivity contribution in [3.05, 3.63) is 0 Å². The Morgan fingerprint density at radius 1 is 1.18 bits per heavy atom. The highest BCUT2D eigenvalue weighted by Crippen LogP contribution is 2.12. The molecule has 0 radical (unpaired) electrons. The van der Waals surface area contributed by atoms with Crippen LogP contribution < -0.4 is 0 Å². The molecule has 0 aromatic heterocycles. The third-order valence-electron chi connectivity index (χ3n) is 1.57. The van der Waals surface area contributed by atoms with E-state index in [9.17, 15) is 0 Å². The summed E-state index contributed by atoms with van der Waals surface area (Å²) in [6.45, 7) is 7.70. The van der Waals surface area contributed by atoms with E-state index in [0.29, 0.717) is 5.92 Å². The molecular formula is C10H18O. The summed E-state index contributed by atoms with van der Waals surface area (Å²) >= 11 is 0. The Bertz CT molecular complexity index is 124. The monoisotopic (exact) mass is 154 g/mol. The van der Waals surface area contributed by atoms with Crippen LogP contribution in [0.4, 0.5) is 0 Å². The Kier molecular flexibility index (Phi) is 7.29. The van der Waals surface area contributed by atoms with E-state index in [-0.39, 0.29) is 0 Å². The third-order valence-corrected chi connectivity index (χ3v) is 1.57. The lowest BCUT2D eigenvalue weighted by molar-refractivity contribution is 0.0807. The van der Waals surface area contributed by atoms with Crippen molar-refractivity contribution in [3.8, 4) is 11.8 Å². The summed E-state index contributed by atoms with van der Waals surface area (Å²) in [5.41, 5.74) is 0. The van der Waals surface area contributed by atoms with Crippen molar-refractivity contribution in [1.82, 2.24) is 0 Å². The van der Waals surface area contributed by atoms with Crippen LogP contribution in [0.15, 0.2) is 0 Å². The number of ether oxygens (including phenoxy) is 1. The Balaban J connectivity index is 0.000000461. The quantitative estimate of drug-likeness (QED) is 0.487. The minimum absolute atomic E-state index is 0.615. The maximum Gasteiger partial charge on any atom is 0.0477 e. The molecule has 11 heavy (non-hydrogen) atoms. The average Bonchev–Trinajstić information content (AvgIpc) is 2.11. The molecule has 64 valence electrons. The van der Waals surface area contributed by atoms with Crippen LogP contribution in [0, 0.1) is 17.8 Å². The van der Waals surface area contributed by atoms with E-state index >= 15 is 0 Å². The SMILES string of the molecule is CC.CC#CC1CCOCC1. The van der Waals surface area contributed by atoms with Crippen molar-refractivity contribution in [3.63, 3.8) is 0 Å². The van der Waals surface area contributed by atoms with Crippen LogP contribution in [-0.4, -0.2) is 13.2 Å². The maximum atomic E-state index is 5.18. The molecule has 1 aliphatic rings. The molecule has 1 saturated heterocycles. The van der Waals surface area contributed by atoms with Crippen LogP contribution in [0.2, 0.25) is 0 Å². The van der Waals surface area contributed by atoms with Crippen LogP contribution >= 0.6 is 0 Å². The van der Waals surface area contributed by atoms with E-state index in [2.05, 4.69) is 11.8 Å². The molecule has 0 N–H and O–H groups in total. The van der Waals surface area contributed by atoms with Gasteiger partial charge >= 0.3 is 0 Å². The first-order valence-electron chi connectivity index (χ1n) is 4.43. The minimum Gasteiger partial charge on any atom is -0.381 e. The molecule has 0 atom stereocenters. The Hall–Kier alpha value is -0.480. The van der Waals surface area contributed by atoms with Crippen molar-refractivity contribution in [2.45, 2.75) is 33.6 Å². The fourth-order valence-corrected chi connectivity index (χ4v) is 1.05. The van der Waals surface area contributed by atoms with E-state index in [1.54, 1.807) is 0 Å². The summed E-state index contributed by atoms with van der Waals surface area (Å²) in [7, 11) is 0. The number of rotatable bonds is 0. The van der Waals surface area contributed by atoms with E-state index in [4.69, 9.17) is 4.74 Å². The zero-order chi connectivity index (χ0) is 8.53. The zero-order valence-electron chi connectivity index (χ0n) is 7.81. The van der Waals surface area contributed by atoms with Gasteiger partial charge in [0.1, 0.15) is 0 Å². The van der Waals surface area contributed by atoms with Gasteiger partial charge in [0.05, 0.1) is 0 Å². The van der Waals surface area contributed by atoms with E-state index in [0.717, 1.165) is 26.1 Å². The van der Waals surface area contributed by atoms with Gasteiger partial charge in [0.25, 0.3) is 0 Å². The van der Waals surface area contributed by atoms with Gasteiger partial charge in [-0.25, -0.2) is 0 Å². The van der Waals surface area contributed by atoms with Crippen molar-refractivity contribution in [2.75, 3.05) is 13.2 Å². The fourth-order valence-electron chi connectivity index (χ4n) is 1.05. The minimum atomic E-state index is 0.615. The molecule has 0 aromatic rings. The molecular weight excluding hydrogens is 136 g/mol. The molecule has 0 spiro atoms. The molecule has 0 amide bonds. The first-order chi connectivity index (χ1) is 5.43. The molecule has 0 aromatic carbocycles. The van der Waals surface area contributed by atoms with Gasteiger partial charge in [0, 0.05) is 19.1 Å². The molecule has 1 heterocycles. The second-order valence-corrected chi connectivity index (χ2v) is 2.28. The summed E-state index contributed by atoms with van der Waals surface area (Å²) in [6.07, 6.45) is 2.25. The molecule has 1 heteroatoms. The Morgan fingerprint density at radius 3 is 2.18 bits per heavy atom. The lowest BCUT2D eigenvalue weighted by Crippen LogP contribution is -2.13. The summed E-state index contributed by atoms with van der Waals surface area (Å²) in [5, 5.41) is 0. The predicted octanol–water partition coefficient (Wildman–Crippen LogP) is 2.46. The molecule has 0 bridgehead atoms. The van der Waals surface area contributed by atoms with Crippen LogP contribution in [0.3, 0.4) is 0 Å². The van der Waals surface area contributed by atoms with Gasteiger partial charge in [-0.2, -0.15) is 0 Å². The average molecular weight is 154 g/mol. The van der Waals surface area contributed by atoms with Crippen LogP contribution in [-0.2, 0) is 4.74 Å². The molecule has 1 nitrogen and oxygen atoms in total. The fraction of sp³-hybridized carbons (Fsp3) is 0.800. The molecule has 1 fully saturated rings. The summed E-state index contributed by atoms with van der Waals surface area (Å²) < 4.78 is 5.18. The smallest absolute Gasteiger partial charge is 0.0477 e. The van der Waals surface area contributed by atoms with Gasteiger partial charge in [-0.15, -0.1) is 11.8 Å². The summed E-state index contributed by atoms with van der Waals surface area (Å²) in [6, 6.07) is 0. The second-order valence-electron chi connectivity index (χ2n) is 2.28. The van der Waals surface area contributed by atoms with Gasteiger partial charge in [0.15, 0.2) is 0 Å². The van der Waals surface area contributed by atoms with Gasteiger partial charge < -0.3 is 4.74 Å². The van der Waals surface area contributed by atoms with Crippen molar-refractivity contribution in [2.24, 2.45) is 5.92 Å². The standard InChI is InChI=1S/C8H12O.C2H6/c1-2-3-8-4-6-9-7-5-8;1-2/h8H,4-7H2,1H3;1-2H3. The van der Waals surface area contributed by atoms with Crippen molar-refractivity contribution in [1.29, 1.82) is 0 Å². The maximum absolute atomic E-state index is 5.18. The molecule has 0 saturated carbocycles. The Morgan fingerprint density at radius 2 is 1.73 bits per heavy atom. The lowest BCUT2D eigenvalue weighted by Gasteiger charge is -2.16. The molecule has 1 aliphatic heterocycles. The second kappa shape index (κ2) is 7.63. The first kappa shape index (κ1) is 10.5. The van der Waals surface area contributed by atoms with Crippen molar-refractivity contribution < 1.29 is 4.74 Å². The highest BCUT2D eigenvalue weighted by molar-refractivity contribution is 5.01. The van der Waals surface area contributed by atoms with Gasteiger partial charge in [-0.05, 0) is 19.8 Å². The Labute approximate surface area is 70.1 Å². The predicted molar refractivity (Wildman–Crippen MR) is 48.3 cm³/mol.